The number of hydrogen-bond donors (Lipinski definition) is 1. The van der Waals surface area contributed by atoms with Crippen LogP contribution in [0.5, 0.6) is 0 Å². The summed E-state index contributed by atoms with van der Waals surface area (Å²) in [5.74, 6) is -0.0944. The van der Waals surface area contributed by atoms with Crippen LogP contribution >= 0.6 is 0 Å². The maximum atomic E-state index is 11.7. The lowest BCUT2D eigenvalue weighted by molar-refractivity contribution is -0.158. The maximum Gasteiger partial charge on any atom is 0.323 e. The van der Waals surface area contributed by atoms with Crippen molar-refractivity contribution in [2.45, 2.75) is 45.3 Å². The molecule has 1 heterocycles. The Balaban J connectivity index is 2.44. The van der Waals surface area contributed by atoms with Crippen LogP contribution in [0.4, 0.5) is 0 Å². The number of esters is 1. The summed E-state index contributed by atoms with van der Waals surface area (Å²) in [6.45, 7) is 6.94. The van der Waals surface area contributed by atoms with Crippen molar-refractivity contribution in [2.24, 2.45) is 11.7 Å². The SMILES string of the molecule is CC(C)(C)OC(=O)[C@H](N)C1CCOCC1. The van der Waals surface area contributed by atoms with E-state index < -0.39 is 11.6 Å². The minimum atomic E-state index is -0.506. The van der Waals surface area contributed by atoms with Crippen LogP contribution in [0.15, 0.2) is 0 Å². The van der Waals surface area contributed by atoms with Gasteiger partial charge in [-0.3, -0.25) is 4.79 Å². The van der Waals surface area contributed by atoms with Crippen LogP contribution < -0.4 is 5.73 Å². The van der Waals surface area contributed by atoms with Crippen molar-refractivity contribution >= 4 is 5.97 Å². The molecule has 0 unspecified atom stereocenters. The summed E-state index contributed by atoms with van der Waals surface area (Å²) in [7, 11) is 0. The van der Waals surface area contributed by atoms with Gasteiger partial charge in [0.15, 0.2) is 0 Å². The molecule has 15 heavy (non-hydrogen) atoms. The third kappa shape index (κ3) is 4.18. The third-order valence-electron chi connectivity index (χ3n) is 2.45. The second kappa shape index (κ2) is 4.94. The van der Waals surface area contributed by atoms with E-state index in [1.54, 1.807) is 0 Å². The molecule has 1 rings (SSSR count). The zero-order valence-electron chi connectivity index (χ0n) is 9.79. The van der Waals surface area contributed by atoms with Gasteiger partial charge in [-0.2, -0.15) is 0 Å². The smallest absolute Gasteiger partial charge is 0.323 e. The molecule has 2 N–H and O–H groups in total. The highest BCUT2D eigenvalue weighted by Crippen LogP contribution is 2.20. The summed E-state index contributed by atoms with van der Waals surface area (Å²) in [5.41, 5.74) is 5.41. The van der Waals surface area contributed by atoms with Gasteiger partial charge in [0, 0.05) is 13.2 Å². The van der Waals surface area contributed by atoms with Gasteiger partial charge in [0.05, 0.1) is 0 Å². The highest BCUT2D eigenvalue weighted by Gasteiger charge is 2.30. The van der Waals surface area contributed by atoms with E-state index in [9.17, 15) is 4.79 Å². The molecule has 1 saturated heterocycles. The molecule has 0 aromatic carbocycles. The lowest BCUT2D eigenvalue weighted by Crippen LogP contribution is -2.44. The minimum absolute atomic E-state index is 0.202. The summed E-state index contributed by atoms with van der Waals surface area (Å²) in [6.07, 6.45) is 1.70. The predicted octanol–water partition coefficient (Wildman–Crippen LogP) is 1.08. The molecule has 4 heteroatoms. The summed E-state index contributed by atoms with van der Waals surface area (Å²) < 4.78 is 10.5. The Morgan fingerprint density at radius 2 is 1.93 bits per heavy atom. The molecule has 0 aliphatic carbocycles. The van der Waals surface area contributed by atoms with Crippen molar-refractivity contribution in [3.63, 3.8) is 0 Å². The zero-order valence-corrected chi connectivity index (χ0v) is 9.79. The average Bonchev–Trinajstić information content (AvgIpc) is 2.15. The first-order valence-electron chi connectivity index (χ1n) is 5.46. The van der Waals surface area contributed by atoms with Crippen molar-refractivity contribution in [3.8, 4) is 0 Å². The quantitative estimate of drug-likeness (QED) is 0.700. The van der Waals surface area contributed by atoms with Crippen LogP contribution in [0.2, 0.25) is 0 Å². The van der Waals surface area contributed by atoms with E-state index in [4.69, 9.17) is 15.2 Å². The lowest BCUT2D eigenvalue weighted by atomic mass is 9.92. The monoisotopic (exact) mass is 215 g/mol. The van der Waals surface area contributed by atoms with E-state index in [0.29, 0.717) is 13.2 Å². The molecule has 0 radical (unpaired) electrons. The van der Waals surface area contributed by atoms with Gasteiger partial charge in [-0.1, -0.05) is 0 Å². The number of carbonyl (C=O) groups is 1. The molecule has 0 aromatic heterocycles. The number of nitrogens with two attached hydrogens (primary N) is 1. The van der Waals surface area contributed by atoms with Crippen molar-refractivity contribution in [1.29, 1.82) is 0 Å². The molecular weight excluding hydrogens is 194 g/mol. The largest absolute Gasteiger partial charge is 0.459 e. The molecule has 88 valence electrons. The Bertz CT molecular complexity index is 216. The fourth-order valence-corrected chi connectivity index (χ4v) is 1.64. The molecule has 0 amide bonds. The number of ether oxygens (including phenoxy) is 2. The van der Waals surface area contributed by atoms with Crippen LogP contribution in [0.1, 0.15) is 33.6 Å². The molecule has 4 nitrogen and oxygen atoms in total. The van der Waals surface area contributed by atoms with Gasteiger partial charge in [-0.15, -0.1) is 0 Å². The van der Waals surface area contributed by atoms with Gasteiger partial charge in [0.2, 0.25) is 0 Å². The van der Waals surface area contributed by atoms with Gasteiger partial charge >= 0.3 is 5.97 Å². The van der Waals surface area contributed by atoms with E-state index in [-0.39, 0.29) is 11.9 Å². The third-order valence-corrected chi connectivity index (χ3v) is 2.45. The highest BCUT2D eigenvalue weighted by atomic mass is 16.6. The average molecular weight is 215 g/mol. The molecule has 0 saturated carbocycles. The normalized spacial score (nSPS) is 21.1. The number of rotatable bonds is 2. The molecular formula is C11H21NO3. The molecule has 1 aliphatic heterocycles. The van der Waals surface area contributed by atoms with Crippen LogP contribution in [0.25, 0.3) is 0 Å². The molecule has 0 spiro atoms. The van der Waals surface area contributed by atoms with E-state index in [1.165, 1.54) is 0 Å². The first-order chi connectivity index (χ1) is 6.90. The van der Waals surface area contributed by atoms with Gasteiger partial charge < -0.3 is 15.2 Å². The minimum Gasteiger partial charge on any atom is -0.459 e. The molecule has 1 fully saturated rings. The zero-order chi connectivity index (χ0) is 11.5. The van der Waals surface area contributed by atoms with Crippen LogP contribution in [0.3, 0.4) is 0 Å². The topological polar surface area (TPSA) is 61.5 Å². The number of carbonyl (C=O) groups excluding carboxylic acids is 1. The number of hydrogen-bond acceptors (Lipinski definition) is 4. The van der Waals surface area contributed by atoms with Crippen molar-refractivity contribution in [2.75, 3.05) is 13.2 Å². The van der Waals surface area contributed by atoms with Gasteiger partial charge in [-0.05, 0) is 39.5 Å². The van der Waals surface area contributed by atoms with Gasteiger partial charge in [0.1, 0.15) is 11.6 Å². The maximum absolute atomic E-state index is 11.7. The molecule has 1 aliphatic rings. The fourth-order valence-electron chi connectivity index (χ4n) is 1.64. The van der Waals surface area contributed by atoms with Crippen LogP contribution in [-0.4, -0.2) is 30.8 Å². The van der Waals surface area contributed by atoms with Gasteiger partial charge in [-0.25, -0.2) is 0 Å². The summed E-state index contributed by atoms with van der Waals surface area (Å²) >= 11 is 0. The summed E-state index contributed by atoms with van der Waals surface area (Å²) in [5, 5.41) is 0. The van der Waals surface area contributed by atoms with E-state index in [0.717, 1.165) is 12.8 Å². The molecule has 0 aromatic rings. The Labute approximate surface area is 91.1 Å². The van der Waals surface area contributed by atoms with Crippen molar-refractivity contribution in [3.05, 3.63) is 0 Å². The fraction of sp³-hybridized carbons (Fsp3) is 0.909. The Morgan fingerprint density at radius 1 is 1.40 bits per heavy atom. The standard InChI is InChI=1S/C11H21NO3/c1-11(2,3)15-10(13)9(12)8-4-6-14-7-5-8/h8-9H,4-7,12H2,1-3H3/t9-/m1/s1. The second-order valence-corrected chi connectivity index (χ2v) is 5.01. The lowest BCUT2D eigenvalue weighted by Gasteiger charge is -2.29. The van der Waals surface area contributed by atoms with Crippen LogP contribution in [0, 0.1) is 5.92 Å². The van der Waals surface area contributed by atoms with Crippen LogP contribution in [-0.2, 0) is 14.3 Å². The Morgan fingerprint density at radius 3 is 2.40 bits per heavy atom. The highest BCUT2D eigenvalue weighted by molar-refractivity contribution is 5.76. The second-order valence-electron chi connectivity index (χ2n) is 5.01. The first-order valence-corrected chi connectivity index (χ1v) is 5.46. The molecule has 1 atom stereocenters. The molecule has 0 bridgehead atoms. The summed E-state index contributed by atoms with van der Waals surface area (Å²) in [6, 6.07) is -0.506. The Hall–Kier alpha value is -0.610. The van der Waals surface area contributed by atoms with Crippen molar-refractivity contribution < 1.29 is 14.3 Å². The predicted molar refractivity (Wildman–Crippen MR) is 57.4 cm³/mol. The van der Waals surface area contributed by atoms with Gasteiger partial charge in [0.25, 0.3) is 0 Å². The van der Waals surface area contributed by atoms with E-state index in [1.807, 2.05) is 20.8 Å². The summed E-state index contributed by atoms with van der Waals surface area (Å²) in [4.78, 5) is 11.7. The van der Waals surface area contributed by atoms with E-state index in [2.05, 4.69) is 0 Å². The first kappa shape index (κ1) is 12.5. The van der Waals surface area contributed by atoms with Crippen molar-refractivity contribution in [1.82, 2.24) is 0 Å². The van der Waals surface area contributed by atoms with E-state index >= 15 is 0 Å². The Kier molecular flexibility index (Phi) is 4.11.